The molecule has 1 saturated heterocycles. The first-order valence-electron chi connectivity index (χ1n) is 6.33. The lowest BCUT2D eigenvalue weighted by atomic mass is 9.96. The minimum atomic E-state index is -4.47. The highest BCUT2D eigenvalue weighted by atomic mass is 19.4. The predicted octanol–water partition coefficient (Wildman–Crippen LogP) is 3.11. The molecular formula is C14H17F3N2O. The van der Waals surface area contributed by atoms with Crippen molar-refractivity contribution in [1.29, 1.82) is 0 Å². The second-order valence-electron chi connectivity index (χ2n) is 5.75. The van der Waals surface area contributed by atoms with Gasteiger partial charge in [-0.3, -0.25) is 10.2 Å². The molecule has 1 unspecified atom stereocenters. The van der Waals surface area contributed by atoms with Crippen LogP contribution in [0.2, 0.25) is 0 Å². The number of hydrogen-bond donors (Lipinski definition) is 1. The molecule has 20 heavy (non-hydrogen) atoms. The largest absolute Gasteiger partial charge is 0.409 e. The highest BCUT2D eigenvalue weighted by Crippen LogP contribution is 2.42. The highest BCUT2D eigenvalue weighted by molar-refractivity contribution is 5.79. The normalized spacial score (nSPS) is 20.8. The molecule has 1 aliphatic heterocycles. The van der Waals surface area contributed by atoms with Crippen molar-refractivity contribution in [3.05, 3.63) is 35.4 Å². The third-order valence-corrected chi connectivity index (χ3v) is 3.42. The molecule has 0 radical (unpaired) electrons. The summed E-state index contributed by atoms with van der Waals surface area (Å²) in [6, 6.07) is 4.42. The molecule has 1 fully saturated rings. The third-order valence-electron chi connectivity index (χ3n) is 3.42. The average Bonchev–Trinajstić information content (AvgIpc) is 2.50. The molecule has 0 bridgehead atoms. The number of nitrogens with one attached hydrogen (secondary N) is 1. The van der Waals surface area contributed by atoms with Crippen LogP contribution in [0.3, 0.4) is 0 Å². The standard InChI is InChI=1S/C14H17F3N2O/c1-9-5-4-6-10(7-9)12(14(15,16)17)19-13(2,3)8-11(20)18-19/h4-7,12H,8H2,1-3H3,(H,18,20). The summed E-state index contributed by atoms with van der Waals surface area (Å²) in [5, 5.41) is 1.02. The molecule has 110 valence electrons. The highest BCUT2D eigenvalue weighted by Gasteiger charge is 2.52. The quantitative estimate of drug-likeness (QED) is 0.906. The summed E-state index contributed by atoms with van der Waals surface area (Å²) in [4.78, 5) is 11.5. The van der Waals surface area contributed by atoms with Crippen LogP contribution < -0.4 is 5.43 Å². The number of carbonyl (C=O) groups excluding carboxylic acids is 1. The lowest BCUT2D eigenvalue weighted by molar-refractivity contribution is -0.203. The fraction of sp³-hybridized carbons (Fsp3) is 0.500. The Morgan fingerprint density at radius 2 is 2.00 bits per heavy atom. The lowest BCUT2D eigenvalue weighted by Gasteiger charge is -2.38. The van der Waals surface area contributed by atoms with E-state index in [0.29, 0.717) is 0 Å². The molecule has 0 aliphatic carbocycles. The number of hydrogen-bond acceptors (Lipinski definition) is 2. The number of rotatable bonds is 2. The first kappa shape index (κ1) is 14.8. The zero-order valence-corrected chi connectivity index (χ0v) is 11.6. The predicted molar refractivity (Wildman–Crippen MR) is 68.7 cm³/mol. The van der Waals surface area contributed by atoms with E-state index in [4.69, 9.17) is 0 Å². The summed E-state index contributed by atoms with van der Waals surface area (Å²) in [6.07, 6.45) is -4.42. The summed E-state index contributed by atoms with van der Waals surface area (Å²) in [5.41, 5.74) is 2.34. The maximum atomic E-state index is 13.5. The topological polar surface area (TPSA) is 32.3 Å². The van der Waals surface area contributed by atoms with Crippen molar-refractivity contribution in [2.24, 2.45) is 0 Å². The van der Waals surface area contributed by atoms with Crippen molar-refractivity contribution in [2.75, 3.05) is 0 Å². The molecule has 1 atom stereocenters. The van der Waals surface area contributed by atoms with Crippen LogP contribution in [-0.4, -0.2) is 22.6 Å². The summed E-state index contributed by atoms with van der Waals surface area (Å²) in [7, 11) is 0. The Hall–Kier alpha value is -1.56. The molecule has 1 aromatic rings. The van der Waals surface area contributed by atoms with Crippen LogP contribution in [-0.2, 0) is 4.79 Å². The van der Waals surface area contributed by atoms with Crippen molar-refractivity contribution in [3.63, 3.8) is 0 Å². The van der Waals surface area contributed by atoms with Crippen LogP contribution in [0.4, 0.5) is 13.2 Å². The van der Waals surface area contributed by atoms with Gasteiger partial charge in [0, 0.05) is 12.0 Å². The van der Waals surface area contributed by atoms with Gasteiger partial charge in [0.15, 0.2) is 6.04 Å². The summed E-state index contributed by atoms with van der Waals surface area (Å²) >= 11 is 0. The van der Waals surface area contributed by atoms with E-state index < -0.39 is 23.7 Å². The molecular weight excluding hydrogens is 269 g/mol. The number of amides is 1. The number of halogens is 3. The maximum absolute atomic E-state index is 13.5. The van der Waals surface area contributed by atoms with Crippen molar-refractivity contribution in [1.82, 2.24) is 10.4 Å². The van der Waals surface area contributed by atoms with E-state index in [-0.39, 0.29) is 12.0 Å². The maximum Gasteiger partial charge on any atom is 0.409 e. The van der Waals surface area contributed by atoms with Crippen molar-refractivity contribution in [3.8, 4) is 0 Å². The Morgan fingerprint density at radius 1 is 1.35 bits per heavy atom. The fourth-order valence-corrected chi connectivity index (χ4v) is 2.54. The number of alkyl halides is 3. The van der Waals surface area contributed by atoms with E-state index in [9.17, 15) is 18.0 Å². The van der Waals surface area contributed by atoms with E-state index >= 15 is 0 Å². The van der Waals surface area contributed by atoms with Gasteiger partial charge < -0.3 is 0 Å². The van der Waals surface area contributed by atoms with E-state index in [2.05, 4.69) is 5.43 Å². The molecule has 1 heterocycles. The number of carbonyl (C=O) groups is 1. The minimum Gasteiger partial charge on any atom is -0.287 e. The van der Waals surface area contributed by atoms with Gasteiger partial charge in [0.1, 0.15) is 0 Å². The second kappa shape index (κ2) is 4.77. The van der Waals surface area contributed by atoms with Gasteiger partial charge in [0.05, 0.1) is 0 Å². The second-order valence-corrected chi connectivity index (χ2v) is 5.75. The Balaban J connectivity index is 2.47. The Kier molecular flexibility index (Phi) is 3.54. The molecule has 1 N–H and O–H groups in total. The summed E-state index contributed by atoms with van der Waals surface area (Å²) in [5.74, 6) is -0.392. The van der Waals surface area contributed by atoms with E-state index in [1.807, 2.05) is 0 Å². The van der Waals surface area contributed by atoms with Gasteiger partial charge in [0.25, 0.3) is 0 Å². The first-order valence-corrected chi connectivity index (χ1v) is 6.33. The fourth-order valence-electron chi connectivity index (χ4n) is 2.54. The number of nitrogens with zero attached hydrogens (tertiary/aromatic N) is 1. The molecule has 1 aromatic carbocycles. The minimum absolute atomic E-state index is 0.0470. The van der Waals surface area contributed by atoms with Gasteiger partial charge in [-0.1, -0.05) is 29.8 Å². The van der Waals surface area contributed by atoms with E-state index in [1.54, 1.807) is 32.9 Å². The zero-order valence-electron chi connectivity index (χ0n) is 11.6. The van der Waals surface area contributed by atoms with E-state index in [0.717, 1.165) is 10.6 Å². The number of benzene rings is 1. The van der Waals surface area contributed by atoms with Crippen molar-refractivity contribution >= 4 is 5.91 Å². The van der Waals surface area contributed by atoms with Crippen LogP contribution in [0.15, 0.2) is 24.3 Å². The van der Waals surface area contributed by atoms with Gasteiger partial charge in [-0.2, -0.15) is 18.2 Å². The molecule has 0 saturated carbocycles. The molecule has 0 spiro atoms. The Labute approximate surface area is 115 Å². The Bertz CT molecular complexity index is 525. The first-order chi connectivity index (χ1) is 9.11. The zero-order chi connectivity index (χ0) is 15.1. The van der Waals surface area contributed by atoms with Gasteiger partial charge in [-0.05, 0) is 26.3 Å². The van der Waals surface area contributed by atoms with Gasteiger partial charge in [-0.25, -0.2) is 0 Å². The molecule has 1 amide bonds. The van der Waals surface area contributed by atoms with Crippen LogP contribution >= 0.6 is 0 Å². The molecule has 0 aromatic heterocycles. The van der Waals surface area contributed by atoms with Crippen LogP contribution in [0.1, 0.15) is 37.4 Å². The Morgan fingerprint density at radius 3 is 2.45 bits per heavy atom. The van der Waals surface area contributed by atoms with Crippen molar-refractivity contribution in [2.45, 2.75) is 44.9 Å². The summed E-state index contributed by atoms with van der Waals surface area (Å²) < 4.78 is 40.4. The van der Waals surface area contributed by atoms with Gasteiger partial charge >= 0.3 is 6.18 Å². The average molecular weight is 286 g/mol. The van der Waals surface area contributed by atoms with Crippen LogP contribution in [0.25, 0.3) is 0 Å². The number of aryl methyl sites for hydroxylation is 1. The van der Waals surface area contributed by atoms with Gasteiger partial charge in [0.2, 0.25) is 5.91 Å². The summed E-state index contributed by atoms with van der Waals surface area (Å²) in [6.45, 7) is 4.99. The molecule has 3 nitrogen and oxygen atoms in total. The molecule has 1 aliphatic rings. The monoisotopic (exact) mass is 286 g/mol. The van der Waals surface area contributed by atoms with E-state index in [1.165, 1.54) is 12.1 Å². The SMILES string of the molecule is Cc1cccc(C(N2NC(=O)CC2(C)C)C(F)(F)F)c1. The smallest absolute Gasteiger partial charge is 0.287 e. The van der Waals surface area contributed by atoms with Crippen LogP contribution in [0.5, 0.6) is 0 Å². The molecule has 6 heteroatoms. The van der Waals surface area contributed by atoms with Gasteiger partial charge in [-0.15, -0.1) is 0 Å². The molecule has 2 rings (SSSR count). The van der Waals surface area contributed by atoms with Crippen molar-refractivity contribution < 1.29 is 18.0 Å². The third kappa shape index (κ3) is 2.80. The number of hydrazine groups is 1. The lowest BCUT2D eigenvalue weighted by Crippen LogP contribution is -2.51. The van der Waals surface area contributed by atoms with Crippen LogP contribution in [0, 0.1) is 6.92 Å².